The first-order chi connectivity index (χ1) is 16.4. The third kappa shape index (κ3) is 3.16. The molecule has 0 spiro atoms. The minimum Gasteiger partial charge on any atom is -0.507 e. The number of aryl methyl sites for hydroxylation is 1. The molecule has 3 aliphatic carbocycles. The molecule has 4 fully saturated rings. The summed E-state index contributed by atoms with van der Waals surface area (Å²) in [5.41, 5.74) is 3.99. The second-order valence-corrected chi connectivity index (χ2v) is 10.4. The maximum atomic E-state index is 10.6. The van der Waals surface area contributed by atoms with Gasteiger partial charge in [0.2, 0.25) is 0 Å². The minimum absolute atomic E-state index is 0.113. The number of nitrogens with one attached hydrogen (secondary N) is 1. The van der Waals surface area contributed by atoms with Crippen molar-refractivity contribution in [1.82, 2.24) is 25.1 Å². The van der Waals surface area contributed by atoms with Gasteiger partial charge in [-0.2, -0.15) is 5.10 Å². The third-order valence-electron chi connectivity index (χ3n) is 8.01. The van der Waals surface area contributed by atoms with Gasteiger partial charge in [-0.05, 0) is 61.9 Å². The molecule has 4 aliphatic rings. The van der Waals surface area contributed by atoms with Gasteiger partial charge in [0.25, 0.3) is 0 Å². The molecule has 2 unspecified atom stereocenters. The van der Waals surface area contributed by atoms with Crippen LogP contribution in [0.1, 0.15) is 25.7 Å². The summed E-state index contributed by atoms with van der Waals surface area (Å²) in [5.74, 6) is 1.66. The van der Waals surface area contributed by atoms with E-state index in [4.69, 9.17) is 9.97 Å². The van der Waals surface area contributed by atoms with Gasteiger partial charge in [-0.25, -0.2) is 9.97 Å². The van der Waals surface area contributed by atoms with Gasteiger partial charge < -0.3 is 20.4 Å². The van der Waals surface area contributed by atoms with E-state index in [9.17, 15) is 10.2 Å². The van der Waals surface area contributed by atoms with Gasteiger partial charge in [-0.1, -0.05) is 0 Å². The predicted molar refractivity (Wildman–Crippen MR) is 131 cm³/mol. The lowest BCUT2D eigenvalue weighted by atomic mass is 9.76. The number of fused-ring (bicyclic) bond motifs is 3. The van der Waals surface area contributed by atoms with Crippen molar-refractivity contribution in [2.75, 3.05) is 18.0 Å². The average Bonchev–Trinajstić information content (AvgIpc) is 3.54. The zero-order valence-electron chi connectivity index (χ0n) is 19.1. The van der Waals surface area contributed by atoms with Crippen LogP contribution in [0.15, 0.2) is 42.6 Å². The highest BCUT2D eigenvalue weighted by Gasteiger charge is 2.56. The Labute approximate surface area is 197 Å². The topological polar surface area (TPSA) is 99.3 Å². The van der Waals surface area contributed by atoms with E-state index in [1.54, 1.807) is 10.7 Å². The largest absolute Gasteiger partial charge is 0.507 e. The first-order valence-electron chi connectivity index (χ1n) is 12.1. The fraction of sp³-hybridized carbons (Fsp3) is 0.423. The molecule has 8 rings (SSSR count). The van der Waals surface area contributed by atoms with Crippen molar-refractivity contribution in [1.29, 1.82) is 0 Å². The van der Waals surface area contributed by atoms with Crippen LogP contribution in [0, 0.1) is 5.92 Å². The first-order valence-corrected chi connectivity index (χ1v) is 12.1. The first kappa shape index (κ1) is 20.2. The lowest BCUT2D eigenvalue weighted by Crippen LogP contribution is -2.54. The molecular weight excluding hydrogens is 428 g/mol. The smallest absolute Gasteiger partial charge is 0.129 e. The maximum Gasteiger partial charge on any atom is 0.129 e. The number of nitrogens with zero attached hydrogens (tertiary/aromatic N) is 5. The van der Waals surface area contributed by atoms with Crippen molar-refractivity contribution in [2.45, 2.75) is 43.4 Å². The Hall–Kier alpha value is -3.23. The number of rotatable bonds is 4. The van der Waals surface area contributed by atoms with Crippen molar-refractivity contribution in [3.63, 3.8) is 0 Å². The van der Waals surface area contributed by atoms with Crippen LogP contribution in [0.5, 0.6) is 5.75 Å². The zero-order valence-corrected chi connectivity index (χ0v) is 19.1. The normalized spacial score (nSPS) is 28.2. The highest BCUT2D eigenvalue weighted by molar-refractivity contribution is 5.88. The standard InChI is InChI=1S/C26H28N6O2/c1-31-13-15-8-18(23(33)9-22(15)30-31)19-2-3-21-20(27-19)4-5-25(28-21)32-7-6-17(14-32)29-26-10-16(11-26)24(34)12-26/h2-5,8-9,13,16-17,24,29,33-34H,6-7,10-12,14H2,1H3. The highest BCUT2D eigenvalue weighted by atomic mass is 16.3. The molecule has 8 nitrogen and oxygen atoms in total. The average molecular weight is 457 g/mol. The van der Waals surface area contributed by atoms with E-state index < -0.39 is 0 Å². The van der Waals surface area contributed by atoms with E-state index in [0.717, 1.165) is 66.5 Å². The second-order valence-electron chi connectivity index (χ2n) is 10.4. The number of phenols is 1. The number of anilines is 1. The lowest BCUT2D eigenvalue weighted by Gasteiger charge is -2.41. The predicted octanol–water partition coefficient (Wildman–Crippen LogP) is 2.97. The van der Waals surface area contributed by atoms with Crippen molar-refractivity contribution in [2.24, 2.45) is 13.0 Å². The Kier molecular flexibility index (Phi) is 4.23. The number of hydrogen-bond acceptors (Lipinski definition) is 7. The molecule has 8 heteroatoms. The molecule has 2 bridgehead atoms. The van der Waals surface area contributed by atoms with E-state index in [2.05, 4.69) is 15.3 Å². The molecule has 0 radical (unpaired) electrons. The quantitative estimate of drug-likeness (QED) is 0.434. The molecule has 0 amide bonds. The Morgan fingerprint density at radius 2 is 1.85 bits per heavy atom. The fourth-order valence-electron chi connectivity index (χ4n) is 6.36. The van der Waals surface area contributed by atoms with Crippen LogP contribution in [0.25, 0.3) is 33.2 Å². The van der Waals surface area contributed by atoms with Gasteiger partial charge >= 0.3 is 0 Å². The number of pyridine rings is 2. The Morgan fingerprint density at radius 1 is 1.03 bits per heavy atom. The van der Waals surface area contributed by atoms with Crippen LogP contribution in [0.2, 0.25) is 0 Å². The Morgan fingerprint density at radius 3 is 2.68 bits per heavy atom. The Bertz CT molecular complexity index is 1430. The van der Waals surface area contributed by atoms with Gasteiger partial charge in [0.1, 0.15) is 11.6 Å². The van der Waals surface area contributed by atoms with E-state index in [1.165, 1.54) is 0 Å². The van der Waals surface area contributed by atoms with Crippen LogP contribution in [-0.4, -0.2) is 60.7 Å². The lowest BCUT2D eigenvalue weighted by molar-refractivity contribution is 0.117. The van der Waals surface area contributed by atoms with Crippen molar-refractivity contribution >= 4 is 27.8 Å². The summed E-state index contributed by atoms with van der Waals surface area (Å²) < 4.78 is 1.74. The van der Waals surface area contributed by atoms with Crippen molar-refractivity contribution in [3.8, 4) is 17.0 Å². The summed E-state index contributed by atoms with van der Waals surface area (Å²) in [5, 5.41) is 29.8. The number of aromatic nitrogens is 4. The van der Waals surface area contributed by atoms with Crippen LogP contribution in [0.3, 0.4) is 0 Å². The molecule has 1 aliphatic heterocycles. The number of aromatic hydroxyl groups is 1. The summed E-state index contributed by atoms with van der Waals surface area (Å²) >= 11 is 0. The maximum absolute atomic E-state index is 10.6. The third-order valence-corrected chi connectivity index (χ3v) is 8.01. The van der Waals surface area contributed by atoms with Gasteiger partial charge in [0, 0.05) is 54.9 Å². The SMILES string of the molecule is Cn1cc2cc(-c3ccc4nc(N5CCC(NC67CC(O)C(C6)C7)C5)ccc4n3)c(O)cc2n1. The van der Waals surface area contributed by atoms with Gasteiger partial charge in [0.15, 0.2) is 0 Å². The van der Waals surface area contributed by atoms with E-state index in [1.807, 2.05) is 43.6 Å². The molecule has 4 aromatic rings. The second kappa shape index (κ2) is 7.13. The number of aliphatic hydroxyl groups excluding tert-OH is 1. The number of aliphatic hydroxyl groups is 1. The van der Waals surface area contributed by atoms with Crippen molar-refractivity contribution in [3.05, 3.63) is 42.6 Å². The molecular formula is C26H28N6O2. The van der Waals surface area contributed by atoms with Crippen LogP contribution in [-0.2, 0) is 7.05 Å². The molecule has 3 aromatic heterocycles. The Balaban J connectivity index is 1.12. The number of benzene rings is 1. The van der Waals surface area contributed by atoms with Crippen LogP contribution < -0.4 is 10.2 Å². The van der Waals surface area contributed by atoms with E-state index in [0.29, 0.717) is 23.2 Å². The zero-order chi connectivity index (χ0) is 23.0. The molecule has 4 heterocycles. The molecule has 34 heavy (non-hydrogen) atoms. The molecule has 1 saturated heterocycles. The monoisotopic (exact) mass is 456 g/mol. The highest BCUT2D eigenvalue weighted by Crippen LogP contribution is 2.52. The summed E-state index contributed by atoms with van der Waals surface area (Å²) in [6, 6.07) is 12.0. The van der Waals surface area contributed by atoms with Gasteiger partial charge in [-0.15, -0.1) is 0 Å². The number of hydrogen-bond donors (Lipinski definition) is 3. The molecule has 1 aromatic carbocycles. The summed E-state index contributed by atoms with van der Waals surface area (Å²) in [6.45, 7) is 1.91. The van der Waals surface area contributed by atoms with Crippen LogP contribution >= 0.6 is 0 Å². The number of phenolic OH excluding ortho intramolecular Hbond substituents is 1. The summed E-state index contributed by atoms with van der Waals surface area (Å²) in [7, 11) is 1.87. The fourth-order valence-corrected chi connectivity index (χ4v) is 6.36. The van der Waals surface area contributed by atoms with Gasteiger partial charge in [0.05, 0.1) is 28.3 Å². The van der Waals surface area contributed by atoms with Crippen LogP contribution in [0.4, 0.5) is 5.82 Å². The summed E-state index contributed by atoms with van der Waals surface area (Å²) in [4.78, 5) is 12.0. The minimum atomic E-state index is -0.113. The molecule has 3 saturated carbocycles. The molecule has 2 atom stereocenters. The molecule has 174 valence electrons. The molecule has 3 N–H and O–H groups in total. The summed E-state index contributed by atoms with van der Waals surface area (Å²) in [6.07, 6.45) is 6.06. The van der Waals surface area contributed by atoms with E-state index >= 15 is 0 Å². The van der Waals surface area contributed by atoms with Crippen molar-refractivity contribution < 1.29 is 10.2 Å². The van der Waals surface area contributed by atoms with E-state index in [-0.39, 0.29) is 17.4 Å². The van der Waals surface area contributed by atoms with Gasteiger partial charge in [-0.3, -0.25) is 4.68 Å².